The minimum absolute atomic E-state index is 0.0710. The van der Waals surface area contributed by atoms with E-state index < -0.39 is 0 Å². The smallest absolute Gasteiger partial charge is 0.0551 e. The molecule has 6 atom stereocenters. The van der Waals surface area contributed by atoms with Crippen LogP contribution in [0.25, 0.3) is 0 Å². The maximum Gasteiger partial charge on any atom is 0.0551 e. The van der Waals surface area contributed by atoms with E-state index in [1.165, 1.54) is 38.5 Å². The van der Waals surface area contributed by atoms with Gasteiger partial charge in [0.2, 0.25) is 0 Å². The van der Waals surface area contributed by atoms with Crippen molar-refractivity contribution >= 4 is 0 Å². The molecule has 1 nitrogen and oxygen atoms in total. The van der Waals surface area contributed by atoms with Crippen LogP contribution in [0, 0.1) is 39.4 Å². The van der Waals surface area contributed by atoms with Crippen LogP contribution in [0.4, 0.5) is 0 Å². The van der Waals surface area contributed by atoms with Gasteiger partial charge in [-0.2, -0.15) is 0 Å². The maximum absolute atomic E-state index is 10.7. The number of aliphatic hydroxyl groups excluding tert-OH is 1. The van der Waals surface area contributed by atoms with Crippen LogP contribution < -0.4 is 0 Å². The van der Waals surface area contributed by atoms with Gasteiger partial charge in [0.25, 0.3) is 0 Å². The number of fused-ring (bicyclic) bond motifs is 2. The monoisotopic (exact) mass is 304 g/mol. The van der Waals surface area contributed by atoms with Gasteiger partial charge in [0.15, 0.2) is 0 Å². The minimum atomic E-state index is -0.0710. The molecule has 1 N–H and O–H groups in total. The fourth-order valence-electron chi connectivity index (χ4n) is 8.23. The van der Waals surface area contributed by atoms with E-state index in [0.717, 1.165) is 30.6 Å². The highest BCUT2D eigenvalue weighted by Crippen LogP contribution is 2.76. The first-order chi connectivity index (χ1) is 10.1. The predicted molar refractivity (Wildman–Crippen MR) is 91.5 cm³/mol. The molecule has 4 aliphatic carbocycles. The molecule has 4 rings (SSSR count). The Kier molecular flexibility index (Phi) is 3.04. The molecule has 2 bridgehead atoms. The van der Waals surface area contributed by atoms with Gasteiger partial charge in [0.1, 0.15) is 0 Å². The highest BCUT2D eigenvalue weighted by atomic mass is 16.3. The van der Waals surface area contributed by atoms with E-state index in [2.05, 4.69) is 34.6 Å². The summed E-state index contributed by atoms with van der Waals surface area (Å²) in [6.07, 6.45) is 10.7. The molecule has 0 amide bonds. The minimum Gasteiger partial charge on any atom is -0.393 e. The molecule has 4 saturated carbocycles. The quantitative estimate of drug-likeness (QED) is 0.634. The second-order valence-corrected chi connectivity index (χ2v) is 11.1. The molecule has 126 valence electrons. The maximum atomic E-state index is 10.7. The zero-order valence-electron chi connectivity index (χ0n) is 15.4. The van der Waals surface area contributed by atoms with E-state index in [1.807, 2.05) is 0 Å². The van der Waals surface area contributed by atoms with Crippen LogP contribution in [0.15, 0.2) is 0 Å². The van der Waals surface area contributed by atoms with Gasteiger partial charge in [-0.25, -0.2) is 0 Å². The summed E-state index contributed by atoms with van der Waals surface area (Å²) >= 11 is 0. The summed E-state index contributed by atoms with van der Waals surface area (Å²) < 4.78 is 0. The molecule has 0 aromatic heterocycles. The van der Waals surface area contributed by atoms with E-state index in [-0.39, 0.29) is 6.10 Å². The second-order valence-electron chi connectivity index (χ2n) is 11.1. The van der Waals surface area contributed by atoms with Crippen molar-refractivity contribution in [2.24, 2.45) is 39.4 Å². The Morgan fingerprint density at radius 1 is 0.773 bits per heavy atom. The molecule has 4 fully saturated rings. The summed E-state index contributed by atoms with van der Waals surface area (Å²) in [5.74, 6) is 2.70. The summed E-state index contributed by atoms with van der Waals surface area (Å²) in [5, 5.41) is 10.7. The van der Waals surface area contributed by atoms with Crippen molar-refractivity contribution in [1.82, 2.24) is 0 Å². The molecular weight excluding hydrogens is 268 g/mol. The van der Waals surface area contributed by atoms with Crippen molar-refractivity contribution in [2.75, 3.05) is 0 Å². The van der Waals surface area contributed by atoms with Crippen molar-refractivity contribution in [3.8, 4) is 0 Å². The van der Waals surface area contributed by atoms with Crippen LogP contribution in [-0.4, -0.2) is 11.2 Å². The van der Waals surface area contributed by atoms with Crippen molar-refractivity contribution < 1.29 is 5.11 Å². The van der Waals surface area contributed by atoms with Crippen molar-refractivity contribution in [2.45, 2.75) is 92.1 Å². The van der Waals surface area contributed by atoms with Crippen LogP contribution in [-0.2, 0) is 0 Å². The Bertz CT molecular complexity index is 478. The van der Waals surface area contributed by atoms with Crippen molar-refractivity contribution in [1.29, 1.82) is 0 Å². The number of hydrogen-bond acceptors (Lipinski definition) is 1. The standard InChI is InChI=1S/C21H36O/c1-18(2)8-9-21-11-15(18)10-14(21)6-7-17-19(3,4)12-16(22)13-20(17,21)5/h14-17,22H,6-13H2,1-5H3/t14-,15-,16-,17+,20-,21+/m0/s1. The summed E-state index contributed by atoms with van der Waals surface area (Å²) in [5.41, 5.74) is 1.80. The molecule has 4 aliphatic rings. The third-order valence-corrected chi connectivity index (χ3v) is 9.36. The summed E-state index contributed by atoms with van der Waals surface area (Å²) in [6, 6.07) is 0. The Morgan fingerprint density at radius 3 is 2.23 bits per heavy atom. The van der Waals surface area contributed by atoms with Gasteiger partial charge in [-0.1, -0.05) is 34.6 Å². The third kappa shape index (κ3) is 1.75. The lowest BCUT2D eigenvalue weighted by Crippen LogP contribution is -2.60. The first kappa shape index (κ1) is 15.5. The van der Waals surface area contributed by atoms with Gasteiger partial charge in [-0.05, 0) is 90.8 Å². The molecule has 0 saturated heterocycles. The van der Waals surface area contributed by atoms with E-state index >= 15 is 0 Å². The fraction of sp³-hybridized carbons (Fsp3) is 1.00. The van der Waals surface area contributed by atoms with E-state index in [4.69, 9.17) is 0 Å². The Morgan fingerprint density at radius 2 is 1.50 bits per heavy atom. The van der Waals surface area contributed by atoms with Gasteiger partial charge >= 0.3 is 0 Å². The number of aliphatic hydroxyl groups is 1. The van der Waals surface area contributed by atoms with Gasteiger partial charge in [0.05, 0.1) is 6.10 Å². The zero-order chi connectivity index (χ0) is 16.0. The van der Waals surface area contributed by atoms with E-state index in [0.29, 0.717) is 21.7 Å². The van der Waals surface area contributed by atoms with Crippen molar-refractivity contribution in [3.63, 3.8) is 0 Å². The Labute approximate surface area is 137 Å². The fourth-order valence-corrected chi connectivity index (χ4v) is 8.23. The molecule has 0 aromatic carbocycles. The molecule has 0 radical (unpaired) electrons. The molecule has 0 unspecified atom stereocenters. The van der Waals surface area contributed by atoms with Crippen LogP contribution in [0.3, 0.4) is 0 Å². The SMILES string of the molecule is CC1(C)CC[C@@]23C[C@@H]1C[C@@H]2CC[C@@H]1C(C)(C)C[C@H](O)C[C@@]13C. The summed E-state index contributed by atoms with van der Waals surface area (Å²) in [4.78, 5) is 0. The van der Waals surface area contributed by atoms with Gasteiger partial charge < -0.3 is 5.11 Å². The first-order valence-electron chi connectivity index (χ1n) is 9.79. The average molecular weight is 305 g/mol. The lowest BCUT2D eigenvalue weighted by atomic mass is 9.39. The second kappa shape index (κ2) is 4.32. The van der Waals surface area contributed by atoms with Crippen LogP contribution in [0.5, 0.6) is 0 Å². The Hall–Kier alpha value is -0.0400. The molecule has 22 heavy (non-hydrogen) atoms. The van der Waals surface area contributed by atoms with Gasteiger partial charge in [-0.15, -0.1) is 0 Å². The van der Waals surface area contributed by atoms with Crippen LogP contribution in [0.2, 0.25) is 0 Å². The van der Waals surface area contributed by atoms with Gasteiger partial charge in [-0.3, -0.25) is 0 Å². The average Bonchev–Trinajstić information content (AvgIpc) is 2.71. The summed E-state index contributed by atoms with van der Waals surface area (Å²) in [7, 11) is 0. The Balaban J connectivity index is 1.78. The lowest BCUT2D eigenvalue weighted by molar-refractivity contribution is -0.188. The van der Waals surface area contributed by atoms with E-state index in [1.54, 1.807) is 0 Å². The summed E-state index contributed by atoms with van der Waals surface area (Å²) in [6.45, 7) is 12.5. The van der Waals surface area contributed by atoms with E-state index in [9.17, 15) is 5.11 Å². The topological polar surface area (TPSA) is 20.2 Å². The molecule has 1 spiro atoms. The van der Waals surface area contributed by atoms with Crippen molar-refractivity contribution in [3.05, 3.63) is 0 Å². The van der Waals surface area contributed by atoms with Crippen LogP contribution >= 0.6 is 0 Å². The normalized spacial score (nSPS) is 55.4. The highest BCUT2D eigenvalue weighted by Gasteiger charge is 2.68. The predicted octanol–water partition coefficient (Wildman–Crippen LogP) is 5.42. The zero-order valence-corrected chi connectivity index (χ0v) is 15.4. The third-order valence-electron chi connectivity index (χ3n) is 9.36. The highest BCUT2D eigenvalue weighted by molar-refractivity contribution is 5.17. The largest absolute Gasteiger partial charge is 0.393 e. The first-order valence-corrected chi connectivity index (χ1v) is 9.79. The molecule has 1 heteroatoms. The van der Waals surface area contributed by atoms with Gasteiger partial charge in [0, 0.05) is 0 Å². The molecular formula is C21H36O. The molecule has 0 aromatic rings. The molecule has 0 aliphatic heterocycles. The van der Waals surface area contributed by atoms with Crippen LogP contribution in [0.1, 0.15) is 86.0 Å². The molecule has 0 heterocycles. The number of rotatable bonds is 0. The lowest BCUT2D eigenvalue weighted by Gasteiger charge is -2.66. The number of hydrogen-bond donors (Lipinski definition) is 1.